The fourth-order valence-corrected chi connectivity index (χ4v) is 3.63. The first-order chi connectivity index (χ1) is 9.65. The number of hydrogen-bond donors (Lipinski definition) is 1. The van der Waals surface area contributed by atoms with Gasteiger partial charge < -0.3 is 14.8 Å². The smallest absolute Gasteiger partial charge is 0.315 e. The molecular weight excluding hydrogens is 276 g/mol. The van der Waals surface area contributed by atoms with Gasteiger partial charge in [-0.1, -0.05) is 0 Å². The Bertz CT molecular complexity index is 461. The van der Waals surface area contributed by atoms with Crippen LogP contribution in [0.2, 0.25) is 0 Å². The standard InChI is InChI=1S/C14H22N2O3S/c1-4-19-13(17)10-6-5-7-11-12(10)16-14(20-11)15-9(2)8-18-3/h9-10H,4-8H2,1-3H3,(H,15,16). The number of nitrogens with one attached hydrogen (secondary N) is 1. The quantitative estimate of drug-likeness (QED) is 0.818. The topological polar surface area (TPSA) is 60.5 Å². The van der Waals surface area contributed by atoms with E-state index in [9.17, 15) is 4.79 Å². The van der Waals surface area contributed by atoms with Crippen molar-refractivity contribution < 1.29 is 14.3 Å². The minimum atomic E-state index is -0.191. The highest BCUT2D eigenvalue weighted by molar-refractivity contribution is 7.15. The van der Waals surface area contributed by atoms with Gasteiger partial charge in [-0.25, -0.2) is 4.98 Å². The summed E-state index contributed by atoms with van der Waals surface area (Å²) in [6, 6.07) is 0.202. The van der Waals surface area contributed by atoms with Crippen molar-refractivity contribution in [3.8, 4) is 0 Å². The number of fused-ring (bicyclic) bond motifs is 1. The Balaban J connectivity index is 2.12. The molecule has 2 unspecified atom stereocenters. The largest absolute Gasteiger partial charge is 0.465 e. The molecule has 6 heteroatoms. The van der Waals surface area contributed by atoms with Crippen LogP contribution in [0.5, 0.6) is 0 Å². The highest BCUT2D eigenvalue weighted by atomic mass is 32.1. The Morgan fingerprint density at radius 1 is 1.60 bits per heavy atom. The second-order valence-corrected chi connectivity index (χ2v) is 6.11. The van der Waals surface area contributed by atoms with Crippen LogP contribution in [0, 0.1) is 0 Å². The molecule has 0 bridgehead atoms. The van der Waals surface area contributed by atoms with Crippen molar-refractivity contribution in [2.24, 2.45) is 0 Å². The lowest BCUT2D eigenvalue weighted by atomic mass is 9.91. The molecule has 2 atom stereocenters. The van der Waals surface area contributed by atoms with Crippen LogP contribution in [-0.4, -0.2) is 37.3 Å². The zero-order valence-electron chi connectivity index (χ0n) is 12.3. The lowest BCUT2D eigenvalue weighted by Gasteiger charge is -2.19. The second-order valence-electron chi connectivity index (χ2n) is 5.03. The van der Waals surface area contributed by atoms with Crippen LogP contribution >= 0.6 is 11.3 Å². The van der Waals surface area contributed by atoms with E-state index in [1.807, 2.05) is 13.8 Å². The number of nitrogens with zero attached hydrogens (tertiary/aromatic N) is 1. The van der Waals surface area contributed by atoms with Gasteiger partial charge in [0.05, 0.1) is 18.9 Å². The van der Waals surface area contributed by atoms with Gasteiger partial charge in [-0.3, -0.25) is 4.79 Å². The van der Waals surface area contributed by atoms with Crippen molar-refractivity contribution in [2.75, 3.05) is 25.6 Å². The maximum atomic E-state index is 12.0. The summed E-state index contributed by atoms with van der Waals surface area (Å²) in [5, 5.41) is 4.19. The summed E-state index contributed by atoms with van der Waals surface area (Å²) in [5.41, 5.74) is 0.909. The van der Waals surface area contributed by atoms with Crippen LogP contribution in [0.3, 0.4) is 0 Å². The zero-order valence-corrected chi connectivity index (χ0v) is 13.1. The lowest BCUT2D eigenvalue weighted by molar-refractivity contribution is -0.145. The molecule has 0 radical (unpaired) electrons. The van der Waals surface area contributed by atoms with E-state index in [-0.39, 0.29) is 17.9 Å². The number of thiazole rings is 1. The summed E-state index contributed by atoms with van der Waals surface area (Å²) < 4.78 is 10.3. The van der Waals surface area contributed by atoms with Gasteiger partial charge in [0.2, 0.25) is 0 Å². The number of methoxy groups -OCH3 is 1. The van der Waals surface area contributed by atoms with Gasteiger partial charge in [0, 0.05) is 18.0 Å². The molecule has 1 heterocycles. The van der Waals surface area contributed by atoms with E-state index in [1.165, 1.54) is 4.88 Å². The Morgan fingerprint density at radius 2 is 2.40 bits per heavy atom. The Morgan fingerprint density at radius 3 is 3.10 bits per heavy atom. The maximum Gasteiger partial charge on any atom is 0.315 e. The van der Waals surface area contributed by atoms with Crippen LogP contribution in [0.25, 0.3) is 0 Å². The first kappa shape index (κ1) is 15.3. The summed E-state index contributed by atoms with van der Waals surface area (Å²) in [6.45, 7) is 4.94. The van der Waals surface area contributed by atoms with Crippen molar-refractivity contribution in [3.63, 3.8) is 0 Å². The molecule has 1 aromatic rings. The number of aryl methyl sites for hydroxylation is 1. The van der Waals surface area contributed by atoms with Gasteiger partial charge >= 0.3 is 5.97 Å². The molecule has 20 heavy (non-hydrogen) atoms. The fourth-order valence-electron chi connectivity index (χ4n) is 2.45. The number of anilines is 1. The summed E-state index contributed by atoms with van der Waals surface area (Å²) in [4.78, 5) is 17.8. The van der Waals surface area contributed by atoms with E-state index in [1.54, 1.807) is 18.4 Å². The predicted molar refractivity (Wildman–Crippen MR) is 79.4 cm³/mol. The number of esters is 1. The lowest BCUT2D eigenvalue weighted by Crippen LogP contribution is -2.22. The number of aromatic nitrogens is 1. The molecular formula is C14H22N2O3S. The third-order valence-electron chi connectivity index (χ3n) is 3.31. The molecule has 1 aliphatic rings. The van der Waals surface area contributed by atoms with Gasteiger partial charge in [0.25, 0.3) is 0 Å². The SMILES string of the molecule is CCOC(=O)C1CCCc2sc(NC(C)COC)nc21. The summed E-state index contributed by atoms with van der Waals surface area (Å²) in [7, 11) is 1.68. The van der Waals surface area contributed by atoms with Crippen LogP contribution in [0.15, 0.2) is 0 Å². The average Bonchev–Trinajstić information content (AvgIpc) is 2.80. The number of rotatable bonds is 6. The molecule has 1 aliphatic carbocycles. The van der Waals surface area contributed by atoms with Crippen LogP contribution < -0.4 is 5.32 Å². The molecule has 5 nitrogen and oxygen atoms in total. The number of hydrogen-bond acceptors (Lipinski definition) is 6. The normalized spacial score (nSPS) is 19.2. The van der Waals surface area contributed by atoms with Gasteiger partial charge in [-0.15, -0.1) is 11.3 Å². The van der Waals surface area contributed by atoms with E-state index in [4.69, 9.17) is 9.47 Å². The minimum Gasteiger partial charge on any atom is -0.465 e. The molecule has 0 spiro atoms. The zero-order chi connectivity index (χ0) is 14.5. The molecule has 0 aliphatic heterocycles. The molecule has 112 valence electrons. The highest BCUT2D eigenvalue weighted by Crippen LogP contribution is 2.37. The monoisotopic (exact) mass is 298 g/mol. The number of carbonyl (C=O) groups excluding carboxylic acids is 1. The van der Waals surface area contributed by atoms with E-state index >= 15 is 0 Å². The molecule has 0 saturated carbocycles. The predicted octanol–water partition coefficient (Wildman–Crippen LogP) is 2.57. The second kappa shape index (κ2) is 7.04. The molecule has 0 amide bonds. The number of ether oxygens (including phenoxy) is 2. The van der Waals surface area contributed by atoms with E-state index < -0.39 is 0 Å². The van der Waals surface area contributed by atoms with Crippen LogP contribution in [-0.2, 0) is 20.7 Å². The maximum absolute atomic E-state index is 12.0. The molecule has 2 rings (SSSR count). The molecule has 1 N–H and O–H groups in total. The molecule has 0 aromatic carbocycles. The van der Waals surface area contributed by atoms with Crippen LogP contribution in [0.4, 0.5) is 5.13 Å². The fraction of sp³-hybridized carbons (Fsp3) is 0.714. The summed E-state index contributed by atoms with van der Waals surface area (Å²) >= 11 is 1.64. The molecule has 0 fully saturated rings. The first-order valence-electron chi connectivity index (χ1n) is 7.07. The van der Waals surface area contributed by atoms with Gasteiger partial charge in [0.1, 0.15) is 5.92 Å². The van der Waals surface area contributed by atoms with Gasteiger partial charge in [-0.05, 0) is 33.1 Å². The summed E-state index contributed by atoms with van der Waals surface area (Å²) in [5.74, 6) is -0.335. The van der Waals surface area contributed by atoms with E-state index in [0.29, 0.717) is 13.2 Å². The highest BCUT2D eigenvalue weighted by Gasteiger charge is 2.31. The third kappa shape index (κ3) is 3.49. The molecule has 1 aromatic heterocycles. The Kier molecular flexibility index (Phi) is 5.37. The first-order valence-corrected chi connectivity index (χ1v) is 7.89. The minimum absolute atomic E-state index is 0.143. The van der Waals surface area contributed by atoms with Gasteiger partial charge in [-0.2, -0.15) is 0 Å². The summed E-state index contributed by atoms with van der Waals surface area (Å²) in [6.07, 6.45) is 2.86. The third-order valence-corrected chi connectivity index (χ3v) is 4.37. The van der Waals surface area contributed by atoms with Crippen molar-refractivity contribution in [2.45, 2.75) is 45.1 Å². The van der Waals surface area contributed by atoms with Crippen LogP contribution in [0.1, 0.15) is 43.2 Å². The van der Waals surface area contributed by atoms with Crippen molar-refractivity contribution >= 4 is 22.4 Å². The average molecular weight is 298 g/mol. The Labute approximate surface area is 123 Å². The van der Waals surface area contributed by atoms with Crippen molar-refractivity contribution in [3.05, 3.63) is 10.6 Å². The van der Waals surface area contributed by atoms with E-state index in [0.717, 1.165) is 30.1 Å². The van der Waals surface area contributed by atoms with Crippen molar-refractivity contribution in [1.29, 1.82) is 0 Å². The van der Waals surface area contributed by atoms with Gasteiger partial charge in [0.15, 0.2) is 5.13 Å². The van der Waals surface area contributed by atoms with Crippen molar-refractivity contribution in [1.82, 2.24) is 4.98 Å². The number of carbonyl (C=O) groups is 1. The Hall–Kier alpha value is -1.14. The van der Waals surface area contributed by atoms with E-state index in [2.05, 4.69) is 10.3 Å². The molecule has 0 saturated heterocycles.